The molecule has 328 valence electrons. The number of carbonyl (C=O) groups excluding carboxylic acids is 4. The first kappa shape index (κ1) is 42.6. The van der Waals surface area contributed by atoms with Crippen LogP contribution in [0.1, 0.15) is 18.4 Å². The molecule has 65 heavy (non-hydrogen) atoms. The standard InChI is InChI=1S/C51H48N8O6/c1-56(2)35-16-8-31(9-17-35)52-54-33-12-20-37(21-13-33)58-48(61)41-26-25-39-40(24-6-30-7-27-44(60)45(28-30)65-5)46-43(29-42(39)47(41)51(58)64)49(62)59(50(46)63)38-22-14-34(15-23-38)55-53-32-10-18-36(19-11-32)57(3)4/h6-25,27-28,40-43,46-47,60H,26,29H2,1-5H3/t40-,41-,42+,43+,46-,47-/m0/s1. The van der Waals surface area contributed by atoms with Crippen LogP contribution in [0.2, 0.25) is 0 Å². The molecule has 2 aliphatic heterocycles. The van der Waals surface area contributed by atoms with E-state index in [1.165, 1.54) is 23.0 Å². The molecular weight excluding hydrogens is 821 g/mol. The van der Waals surface area contributed by atoms with Gasteiger partial charge in [-0.2, -0.15) is 20.5 Å². The van der Waals surface area contributed by atoms with Gasteiger partial charge < -0.3 is 19.6 Å². The highest BCUT2D eigenvalue weighted by atomic mass is 16.5. The SMILES string of the molecule is COc1cc(C=C[C@H]2C3=CC[C@@H]4C(=O)N(c5ccc(N=Nc6ccc(N(C)C)cc6)cc5)C(=O)[C@@H]4[C@@H]3C[C@H]3C(=O)N(c4ccc(N=Nc5ccc(N(C)C)cc5)cc4)C(=O)[C@@H]23)ccc1O. The summed E-state index contributed by atoms with van der Waals surface area (Å²) in [4.78, 5) is 64.5. The van der Waals surface area contributed by atoms with Crippen LogP contribution < -0.4 is 24.3 Å². The fraction of sp³-hybridized carbons (Fsp3) is 0.255. The summed E-state index contributed by atoms with van der Waals surface area (Å²) in [6, 6.07) is 33.9. The number of ether oxygens (including phenoxy) is 1. The first-order chi connectivity index (χ1) is 31.4. The van der Waals surface area contributed by atoms with Gasteiger partial charge in [0.15, 0.2) is 11.5 Å². The molecule has 14 heteroatoms. The maximum Gasteiger partial charge on any atom is 0.238 e. The van der Waals surface area contributed by atoms with Crippen molar-refractivity contribution in [1.29, 1.82) is 0 Å². The van der Waals surface area contributed by atoms with Crippen LogP contribution in [0.3, 0.4) is 0 Å². The summed E-state index contributed by atoms with van der Waals surface area (Å²) < 4.78 is 5.35. The van der Waals surface area contributed by atoms with Gasteiger partial charge in [-0.15, -0.1) is 0 Å². The first-order valence-electron chi connectivity index (χ1n) is 21.5. The van der Waals surface area contributed by atoms with E-state index in [9.17, 15) is 24.3 Å². The summed E-state index contributed by atoms with van der Waals surface area (Å²) in [5, 5.41) is 27.7. The average Bonchev–Trinajstić information content (AvgIpc) is 3.73. The number of benzene rings is 5. The third kappa shape index (κ3) is 8.07. The lowest BCUT2D eigenvalue weighted by atomic mass is 9.58. The molecule has 0 unspecified atom stereocenters. The maximum absolute atomic E-state index is 14.6. The minimum atomic E-state index is -0.753. The highest BCUT2D eigenvalue weighted by molar-refractivity contribution is 6.24. The van der Waals surface area contributed by atoms with Crippen LogP contribution in [0.4, 0.5) is 45.5 Å². The molecule has 14 nitrogen and oxygen atoms in total. The van der Waals surface area contributed by atoms with Gasteiger partial charge in [0.05, 0.1) is 64.9 Å². The molecule has 2 heterocycles. The molecule has 3 fully saturated rings. The van der Waals surface area contributed by atoms with Gasteiger partial charge in [-0.25, -0.2) is 0 Å². The summed E-state index contributed by atoms with van der Waals surface area (Å²) in [5.74, 6) is -4.94. The van der Waals surface area contributed by atoms with Crippen molar-refractivity contribution in [3.8, 4) is 11.5 Å². The summed E-state index contributed by atoms with van der Waals surface area (Å²) in [5.41, 5.74) is 6.98. The number of phenolic OH excluding ortho intramolecular Hbond substituents is 1. The minimum absolute atomic E-state index is 0.0131. The fourth-order valence-corrected chi connectivity index (χ4v) is 9.57. The summed E-state index contributed by atoms with van der Waals surface area (Å²) >= 11 is 0. The van der Waals surface area contributed by atoms with Crippen molar-refractivity contribution in [3.05, 3.63) is 139 Å². The van der Waals surface area contributed by atoms with Gasteiger partial charge in [0.1, 0.15) is 0 Å². The van der Waals surface area contributed by atoms with Gasteiger partial charge in [0.2, 0.25) is 23.6 Å². The van der Waals surface area contributed by atoms with Crippen LogP contribution in [0.5, 0.6) is 11.5 Å². The van der Waals surface area contributed by atoms with Gasteiger partial charge in [-0.3, -0.25) is 29.0 Å². The molecule has 0 spiro atoms. The maximum atomic E-state index is 14.6. The van der Waals surface area contributed by atoms with Crippen LogP contribution in [-0.4, -0.2) is 64.0 Å². The van der Waals surface area contributed by atoms with E-state index >= 15 is 0 Å². The van der Waals surface area contributed by atoms with Crippen molar-refractivity contribution >= 4 is 75.2 Å². The molecule has 6 atom stereocenters. The predicted molar refractivity (Wildman–Crippen MR) is 250 cm³/mol. The molecule has 5 aromatic rings. The number of rotatable bonds is 11. The van der Waals surface area contributed by atoms with Gasteiger partial charge in [-0.05, 0) is 134 Å². The lowest BCUT2D eigenvalue weighted by Crippen LogP contribution is -2.43. The summed E-state index contributed by atoms with van der Waals surface area (Å²) in [6.07, 6.45) is 6.31. The van der Waals surface area contributed by atoms with E-state index in [4.69, 9.17) is 4.74 Å². The molecule has 2 aliphatic carbocycles. The normalized spacial score (nSPS) is 22.8. The Labute approximate surface area is 376 Å². The predicted octanol–water partition coefficient (Wildman–Crippen LogP) is 9.95. The number of imide groups is 2. The van der Waals surface area contributed by atoms with Crippen molar-refractivity contribution < 1.29 is 29.0 Å². The Balaban J connectivity index is 0.987. The lowest BCUT2D eigenvalue weighted by molar-refractivity contribution is -0.126. The molecule has 0 bridgehead atoms. The van der Waals surface area contributed by atoms with E-state index in [1.807, 2.05) is 105 Å². The summed E-state index contributed by atoms with van der Waals surface area (Å²) in [6.45, 7) is 0. The van der Waals surface area contributed by atoms with E-state index in [0.29, 0.717) is 46.1 Å². The zero-order chi connectivity index (χ0) is 45.5. The molecule has 0 radical (unpaired) electrons. The Morgan fingerprint density at radius 1 is 0.585 bits per heavy atom. The monoisotopic (exact) mass is 868 g/mol. The highest BCUT2D eigenvalue weighted by Gasteiger charge is 2.61. The Hall–Kier alpha value is -7.74. The zero-order valence-electron chi connectivity index (χ0n) is 36.6. The van der Waals surface area contributed by atoms with Crippen LogP contribution in [-0.2, 0) is 19.2 Å². The molecule has 2 saturated heterocycles. The Kier molecular flexibility index (Phi) is 11.4. The van der Waals surface area contributed by atoms with Gasteiger partial charge in [0.25, 0.3) is 0 Å². The van der Waals surface area contributed by atoms with E-state index in [-0.39, 0.29) is 41.5 Å². The number of methoxy groups -OCH3 is 1. The second-order valence-electron chi connectivity index (χ2n) is 17.1. The Bertz CT molecular complexity index is 2780. The van der Waals surface area contributed by atoms with Crippen molar-refractivity contribution in [2.75, 3.05) is 54.9 Å². The van der Waals surface area contributed by atoms with E-state index in [1.54, 1.807) is 60.7 Å². The second kappa shape index (κ2) is 17.4. The molecular formula is C51H48N8O6. The number of hydrogen-bond donors (Lipinski definition) is 1. The first-order valence-corrected chi connectivity index (χ1v) is 21.5. The Morgan fingerprint density at radius 2 is 1.05 bits per heavy atom. The lowest BCUT2D eigenvalue weighted by Gasteiger charge is -2.42. The molecule has 1 saturated carbocycles. The second-order valence-corrected chi connectivity index (χ2v) is 17.1. The third-order valence-electron chi connectivity index (χ3n) is 12.9. The van der Waals surface area contributed by atoms with Crippen LogP contribution in [0.15, 0.2) is 153 Å². The van der Waals surface area contributed by atoms with Gasteiger partial charge in [-0.1, -0.05) is 29.9 Å². The van der Waals surface area contributed by atoms with Crippen LogP contribution >= 0.6 is 0 Å². The number of nitrogens with zero attached hydrogens (tertiary/aromatic N) is 8. The van der Waals surface area contributed by atoms with Crippen LogP contribution in [0, 0.1) is 35.5 Å². The number of phenols is 1. The van der Waals surface area contributed by atoms with Gasteiger partial charge >= 0.3 is 0 Å². The number of allylic oxidation sites excluding steroid dienone is 3. The number of carbonyl (C=O) groups is 4. The van der Waals surface area contributed by atoms with Crippen molar-refractivity contribution in [3.63, 3.8) is 0 Å². The fourth-order valence-electron chi connectivity index (χ4n) is 9.57. The molecule has 9 rings (SSSR count). The van der Waals surface area contributed by atoms with E-state index in [0.717, 1.165) is 16.9 Å². The largest absolute Gasteiger partial charge is 0.504 e. The van der Waals surface area contributed by atoms with Crippen LogP contribution in [0.25, 0.3) is 6.08 Å². The molecule has 4 aliphatic rings. The molecule has 1 N–H and O–H groups in total. The zero-order valence-corrected chi connectivity index (χ0v) is 36.6. The smallest absolute Gasteiger partial charge is 0.238 e. The average molecular weight is 869 g/mol. The highest BCUT2D eigenvalue weighted by Crippen LogP contribution is 2.56. The quantitative estimate of drug-likeness (QED) is 0.0780. The number of amides is 4. The third-order valence-corrected chi connectivity index (χ3v) is 12.9. The van der Waals surface area contributed by atoms with E-state index < -0.39 is 35.5 Å². The number of fused-ring (bicyclic) bond motifs is 4. The minimum Gasteiger partial charge on any atom is -0.504 e. The van der Waals surface area contributed by atoms with E-state index in [2.05, 4.69) is 20.5 Å². The Morgan fingerprint density at radius 3 is 1.52 bits per heavy atom. The number of aromatic hydroxyl groups is 1. The van der Waals surface area contributed by atoms with Crippen molar-refractivity contribution in [2.45, 2.75) is 12.8 Å². The molecule has 4 amide bonds. The molecule has 5 aromatic carbocycles. The van der Waals surface area contributed by atoms with Crippen molar-refractivity contribution in [2.24, 2.45) is 56.0 Å². The number of anilines is 4. The number of azo groups is 2. The topological polar surface area (TPSA) is 160 Å². The van der Waals surface area contributed by atoms with Crippen molar-refractivity contribution in [1.82, 2.24) is 0 Å². The number of hydrogen-bond acceptors (Lipinski definition) is 12. The molecule has 0 aromatic heterocycles. The van der Waals surface area contributed by atoms with Gasteiger partial charge in [0, 0.05) is 45.5 Å². The summed E-state index contributed by atoms with van der Waals surface area (Å²) in [7, 11) is 9.32.